The maximum absolute atomic E-state index is 12.9. The molecular formula is C12H14FN. The Morgan fingerprint density at radius 1 is 1.50 bits per heavy atom. The molecule has 0 bridgehead atoms. The molecule has 1 aromatic carbocycles. The molecule has 1 nitrogen and oxygen atoms in total. The molecule has 74 valence electrons. The van der Waals surface area contributed by atoms with Crippen LogP contribution in [0.1, 0.15) is 24.5 Å². The van der Waals surface area contributed by atoms with E-state index in [1.807, 2.05) is 13.0 Å². The molecule has 0 saturated heterocycles. The first-order valence-corrected chi connectivity index (χ1v) is 4.90. The summed E-state index contributed by atoms with van der Waals surface area (Å²) in [6, 6.07) is 5.14. The lowest BCUT2D eigenvalue weighted by Gasteiger charge is -2.08. The van der Waals surface area contributed by atoms with Gasteiger partial charge in [0.15, 0.2) is 0 Å². The van der Waals surface area contributed by atoms with Crippen LogP contribution in [0.5, 0.6) is 0 Å². The molecule has 14 heavy (non-hydrogen) atoms. The van der Waals surface area contributed by atoms with Crippen molar-refractivity contribution in [2.75, 3.05) is 0 Å². The monoisotopic (exact) mass is 191 g/mol. The number of hydrogen-bond donors (Lipinski definition) is 1. The third-order valence-electron chi connectivity index (χ3n) is 2.52. The first-order valence-electron chi connectivity index (χ1n) is 4.90. The molecule has 0 heterocycles. The molecule has 1 aliphatic carbocycles. The van der Waals surface area contributed by atoms with Crippen molar-refractivity contribution in [1.82, 2.24) is 0 Å². The van der Waals surface area contributed by atoms with Crippen LogP contribution in [0, 0.1) is 5.82 Å². The fourth-order valence-electron chi connectivity index (χ4n) is 1.93. The maximum Gasteiger partial charge on any atom is 0.123 e. The molecule has 2 N–H and O–H groups in total. The number of allylic oxidation sites excluding steroid dienone is 1. The fourth-order valence-corrected chi connectivity index (χ4v) is 1.93. The highest BCUT2D eigenvalue weighted by atomic mass is 19.1. The summed E-state index contributed by atoms with van der Waals surface area (Å²) in [5.74, 6) is -0.154. The average Bonchev–Trinajstić information content (AvgIpc) is 2.47. The summed E-state index contributed by atoms with van der Waals surface area (Å²) in [5.41, 5.74) is 9.26. The molecule has 1 aliphatic rings. The predicted molar refractivity (Wildman–Crippen MR) is 56.3 cm³/mol. The molecule has 2 heteroatoms. The molecule has 0 fully saturated rings. The van der Waals surface area contributed by atoms with Crippen LogP contribution in [-0.4, -0.2) is 6.04 Å². The molecule has 0 amide bonds. The van der Waals surface area contributed by atoms with Crippen molar-refractivity contribution >= 4 is 5.57 Å². The highest BCUT2D eigenvalue weighted by Gasteiger charge is 2.15. The Morgan fingerprint density at radius 2 is 2.29 bits per heavy atom. The topological polar surface area (TPSA) is 26.0 Å². The SMILES string of the molecule is CC(N)CC1=CCc2cc(F)ccc21. The maximum atomic E-state index is 12.9. The molecule has 1 aromatic rings. The Labute approximate surface area is 83.4 Å². The van der Waals surface area contributed by atoms with Crippen molar-refractivity contribution in [3.63, 3.8) is 0 Å². The van der Waals surface area contributed by atoms with Gasteiger partial charge in [0.1, 0.15) is 5.82 Å². The number of benzene rings is 1. The van der Waals surface area contributed by atoms with Gasteiger partial charge >= 0.3 is 0 Å². The van der Waals surface area contributed by atoms with E-state index in [0.29, 0.717) is 0 Å². The Morgan fingerprint density at radius 3 is 3.00 bits per heavy atom. The molecule has 0 aliphatic heterocycles. The lowest BCUT2D eigenvalue weighted by atomic mass is 10.0. The second-order valence-electron chi connectivity index (χ2n) is 3.92. The highest BCUT2D eigenvalue weighted by molar-refractivity contribution is 5.73. The summed E-state index contributed by atoms with van der Waals surface area (Å²) in [6.07, 6.45) is 3.86. The predicted octanol–water partition coefficient (Wildman–Crippen LogP) is 2.50. The van der Waals surface area contributed by atoms with Crippen molar-refractivity contribution in [3.05, 3.63) is 41.2 Å². The van der Waals surface area contributed by atoms with E-state index in [4.69, 9.17) is 5.73 Å². The first kappa shape index (κ1) is 9.41. The quantitative estimate of drug-likeness (QED) is 0.763. The van der Waals surface area contributed by atoms with Crippen molar-refractivity contribution < 1.29 is 4.39 Å². The van der Waals surface area contributed by atoms with Gasteiger partial charge in [-0.1, -0.05) is 12.1 Å². The van der Waals surface area contributed by atoms with Crippen LogP contribution in [0.4, 0.5) is 4.39 Å². The molecule has 1 unspecified atom stereocenters. The van der Waals surface area contributed by atoms with Gasteiger partial charge in [0.25, 0.3) is 0 Å². The van der Waals surface area contributed by atoms with Crippen LogP contribution >= 0.6 is 0 Å². The van der Waals surface area contributed by atoms with Crippen LogP contribution in [0.3, 0.4) is 0 Å². The zero-order valence-corrected chi connectivity index (χ0v) is 8.26. The van der Waals surface area contributed by atoms with Gasteiger partial charge in [0.05, 0.1) is 0 Å². The van der Waals surface area contributed by atoms with Gasteiger partial charge in [0.2, 0.25) is 0 Å². The van der Waals surface area contributed by atoms with E-state index in [-0.39, 0.29) is 11.9 Å². The summed E-state index contributed by atoms with van der Waals surface area (Å²) in [7, 11) is 0. The Hall–Kier alpha value is -1.15. The average molecular weight is 191 g/mol. The summed E-state index contributed by atoms with van der Waals surface area (Å²) >= 11 is 0. The third kappa shape index (κ3) is 1.70. The second kappa shape index (κ2) is 3.54. The van der Waals surface area contributed by atoms with E-state index in [1.54, 1.807) is 6.07 Å². The van der Waals surface area contributed by atoms with Crippen LogP contribution in [0.2, 0.25) is 0 Å². The van der Waals surface area contributed by atoms with Gasteiger partial charge in [-0.2, -0.15) is 0 Å². The van der Waals surface area contributed by atoms with Gasteiger partial charge in [-0.05, 0) is 48.6 Å². The van der Waals surface area contributed by atoms with Crippen molar-refractivity contribution in [2.45, 2.75) is 25.8 Å². The van der Waals surface area contributed by atoms with Crippen molar-refractivity contribution in [3.8, 4) is 0 Å². The van der Waals surface area contributed by atoms with Gasteiger partial charge in [-0.25, -0.2) is 4.39 Å². The lowest BCUT2D eigenvalue weighted by Crippen LogP contribution is -2.14. The zero-order valence-electron chi connectivity index (χ0n) is 8.26. The summed E-state index contributed by atoms with van der Waals surface area (Å²) in [5, 5.41) is 0. The number of halogens is 1. The zero-order chi connectivity index (χ0) is 10.1. The van der Waals surface area contributed by atoms with Gasteiger partial charge in [-0.15, -0.1) is 0 Å². The summed E-state index contributed by atoms with van der Waals surface area (Å²) < 4.78 is 12.9. The second-order valence-corrected chi connectivity index (χ2v) is 3.92. The Balaban J connectivity index is 2.28. The molecular weight excluding hydrogens is 177 g/mol. The van der Waals surface area contributed by atoms with E-state index in [9.17, 15) is 4.39 Å². The minimum Gasteiger partial charge on any atom is -0.328 e. The van der Waals surface area contributed by atoms with Crippen molar-refractivity contribution in [1.29, 1.82) is 0 Å². The van der Waals surface area contributed by atoms with E-state index in [1.165, 1.54) is 17.2 Å². The smallest absolute Gasteiger partial charge is 0.123 e. The number of hydrogen-bond acceptors (Lipinski definition) is 1. The molecule has 0 radical (unpaired) electrons. The number of rotatable bonds is 2. The summed E-state index contributed by atoms with van der Waals surface area (Å²) in [6.45, 7) is 1.99. The minimum atomic E-state index is -0.154. The fraction of sp³-hybridized carbons (Fsp3) is 0.333. The Kier molecular flexibility index (Phi) is 2.38. The van der Waals surface area contributed by atoms with Crippen LogP contribution < -0.4 is 5.73 Å². The van der Waals surface area contributed by atoms with Crippen molar-refractivity contribution in [2.24, 2.45) is 5.73 Å². The van der Waals surface area contributed by atoms with E-state index >= 15 is 0 Å². The third-order valence-corrected chi connectivity index (χ3v) is 2.52. The normalized spacial score (nSPS) is 16.4. The minimum absolute atomic E-state index is 0.154. The molecule has 0 aromatic heterocycles. The summed E-state index contributed by atoms with van der Waals surface area (Å²) in [4.78, 5) is 0. The largest absolute Gasteiger partial charge is 0.328 e. The first-order chi connectivity index (χ1) is 6.66. The van der Waals surface area contributed by atoms with Gasteiger partial charge in [-0.3, -0.25) is 0 Å². The molecule has 1 atom stereocenters. The van der Waals surface area contributed by atoms with Crippen LogP contribution in [-0.2, 0) is 6.42 Å². The Bertz CT molecular complexity index is 380. The van der Waals surface area contributed by atoms with Gasteiger partial charge in [0, 0.05) is 6.04 Å². The molecule has 0 saturated carbocycles. The highest BCUT2D eigenvalue weighted by Crippen LogP contribution is 2.30. The van der Waals surface area contributed by atoms with Crippen LogP contribution in [0.15, 0.2) is 24.3 Å². The van der Waals surface area contributed by atoms with E-state index in [2.05, 4.69) is 6.08 Å². The number of fused-ring (bicyclic) bond motifs is 1. The molecule has 0 spiro atoms. The lowest BCUT2D eigenvalue weighted by molar-refractivity contribution is 0.626. The van der Waals surface area contributed by atoms with E-state index < -0.39 is 0 Å². The molecule has 2 rings (SSSR count). The van der Waals surface area contributed by atoms with Crippen LogP contribution in [0.25, 0.3) is 5.57 Å². The van der Waals surface area contributed by atoms with Gasteiger partial charge < -0.3 is 5.73 Å². The standard InChI is InChI=1S/C12H14FN/c1-8(14)6-9-2-3-10-7-11(13)4-5-12(9)10/h2,4-5,7-8H,3,6,14H2,1H3. The number of nitrogens with two attached hydrogens (primary N) is 1. The van der Waals surface area contributed by atoms with E-state index in [0.717, 1.165) is 18.4 Å².